The largest absolute Gasteiger partial charge is 0.457 e. The summed E-state index contributed by atoms with van der Waals surface area (Å²) >= 11 is 0. The average molecular weight is 144 g/mol. The minimum atomic E-state index is -0.131. The molecule has 3 nitrogen and oxygen atoms in total. The Balaban J connectivity index is 2.17. The van der Waals surface area contributed by atoms with Crippen LogP contribution >= 0.6 is 0 Å². The Kier molecular flexibility index (Phi) is 2.27. The molecule has 0 atom stereocenters. The minimum Gasteiger partial charge on any atom is -0.457 e. The van der Waals surface area contributed by atoms with Gasteiger partial charge in [-0.05, 0) is 0 Å². The molecule has 1 aliphatic heterocycles. The van der Waals surface area contributed by atoms with E-state index in [1.807, 2.05) is 13.8 Å². The number of rotatable bonds is 2. The zero-order valence-corrected chi connectivity index (χ0v) is 6.29. The highest BCUT2D eigenvalue weighted by Crippen LogP contribution is 2.08. The van der Waals surface area contributed by atoms with E-state index in [1.165, 1.54) is 0 Å². The summed E-state index contributed by atoms with van der Waals surface area (Å²) in [5.74, 6) is -0.158. The Morgan fingerprint density at radius 2 is 2.20 bits per heavy atom. The van der Waals surface area contributed by atoms with E-state index in [-0.39, 0.29) is 18.0 Å². The van der Waals surface area contributed by atoms with E-state index in [2.05, 4.69) is 0 Å². The van der Waals surface area contributed by atoms with Crippen molar-refractivity contribution in [3.63, 3.8) is 0 Å². The molecular weight excluding hydrogens is 132 g/mol. The van der Waals surface area contributed by atoms with Crippen LogP contribution in [0.2, 0.25) is 0 Å². The molecule has 0 unspecified atom stereocenters. The molecular formula is C7H12O3. The summed E-state index contributed by atoms with van der Waals surface area (Å²) < 4.78 is 9.82. The molecule has 0 aromatic rings. The summed E-state index contributed by atoms with van der Waals surface area (Å²) in [5.41, 5.74) is 0. The molecule has 0 spiro atoms. The Labute approximate surface area is 60.3 Å². The monoisotopic (exact) mass is 144 g/mol. The maximum Gasteiger partial charge on any atom is 0.308 e. The van der Waals surface area contributed by atoms with Crippen LogP contribution in [0.25, 0.3) is 0 Å². The molecule has 0 aromatic heterocycles. The van der Waals surface area contributed by atoms with Crippen molar-refractivity contribution in [1.82, 2.24) is 0 Å². The predicted molar refractivity (Wildman–Crippen MR) is 35.5 cm³/mol. The van der Waals surface area contributed by atoms with Crippen LogP contribution in [0.3, 0.4) is 0 Å². The lowest BCUT2D eigenvalue weighted by molar-refractivity contribution is -0.175. The lowest BCUT2D eigenvalue weighted by Crippen LogP contribution is -2.38. The Morgan fingerprint density at radius 3 is 2.50 bits per heavy atom. The van der Waals surface area contributed by atoms with Crippen molar-refractivity contribution >= 4 is 5.97 Å². The molecule has 0 aromatic carbocycles. The van der Waals surface area contributed by atoms with E-state index < -0.39 is 0 Å². The summed E-state index contributed by atoms with van der Waals surface area (Å²) in [6.07, 6.45) is 0.0231. The van der Waals surface area contributed by atoms with Crippen LogP contribution in [0, 0.1) is 5.92 Å². The van der Waals surface area contributed by atoms with E-state index in [0.717, 1.165) is 0 Å². The van der Waals surface area contributed by atoms with Crippen molar-refractivity contribution in [3.05, 3.63) is 0 Å². The molecule has 58 valence electrons. The van der Waals surface area contributed by atoms with Gasteiger partial charge in [0, 0.05) is 0 Å². The molecule has 0 amide bonds. The Bertz CT molecular complexity index is 127. The van der Waals surface area contributed by atoms with Gasteiger partial charge in [-0.2, -0.15) is 0 Å². The van der Waals surface area contributed by atoms with Gasteiger partial charge in [0.1, 0.15) is 6.10 Å². The zero-order chi connectivity index (χ0) is 7.56. The fraction of sp³-hybridized carbons (Fsp3) is 0.857. The second-order valence-corrected chi connectivity index (χ2v) is 2.75. The molecule has 10 heavy (non-hydrogen) atoms. The van der Waals surface area contributed by atoms with Gasteiger partial charge in [-0.15, -0.1) is 0 Å². The van der Waals surface area contributed by atoms with Crippen molar-refractivity contribution in [2.75, 3.05) is 13.2 Å². The number of esters is 1. The first-order chi connectivity index (χ1) is 4.70. The molecule has 1 rings (SSSR count). The number of carbonyl (C=O) groups is 1. The van der Waals surface area contributed by atoms with Gasteiger partial charge in [0.25, 0.3) is 0 Å². The molecule has 1 aliphatic rings. The average Bonchev–Trinajstić information content (AvgIpc) is 1.77. The van der Waals surface area contributed by atoms with Gasteiger partial charge >= 0.3 is 5.97 Å². The third kappa shape index (κ3) is 1.70. The second-order valence-electron chi connectivity index (χ2n) is 2.75. The maximum atomic E-state index is 10.9. The van der Waals surface area contributed by atoms with Gasteiger partial charge in [0.15, 0.2) is 0 Å². The normalized spacial score (nSPS) is 18.7. The van der Waals surface area contributed by atoms with E-state index in [9.17, 15) is 4.79 Å². The minimum absolute atomic E-state index is 0.0231. The second kappa shape index (κ2) is 3.01. The molecule has 0 radical (unpaired) electrons. The van der Waals surface area contributed by atoms with Crippen LogP contribution < -0.4 is 0 Å². The Hall–Kier alpha value is -0.570. The number of hydrogen-bond donors (Lipinski definition) is 0. The first kappa shape index (κ1) is 7.54. The van der Waals surface area contributed by atoms with Crippen LogP contribution in [0.1, 0.15) is 13.8 Å². The van der Waals surface area contributed by atoms with Crippen molar-refractivity contribution in [1.29, 1.82) is 0 Å². The van der Waals surface area contributed by atoms with Crippen molar-refractivity contribution < 1.29 is 14.3 Å². The van der Waals surface area contributed by atoms with Gasteiger partial charge in [-0.1, -0.05) is 13.8 Å². The lowest BCUT2D eigenvalue weighted by atomic mass is 10.2. The summed E-state index contributed by atoms with van der Waals surface area (Å²) in [6, 6.07) is 0. The first-order valence-electron chi connectivity index (χ1n) is 3.48. The maximum absolute atomic E-state index is 10.9. The third-order valence-electron chi connectivity index (χ3n) is 1.36. The Morgan fingerprint density at radius 1 is 1.60 bits per heavy atom. The lowest BCUT2D eigenvalue weighted by Gasteiger charge is -2.26. The number of hydrogen-bond acceptors (Lipinski definition) is 3. The quantitative estimate of drug-likeness (QED) is 0.532. The predicted octanol–water partition coefficient (Wildman–Crippen LogP) is 0.584. The fourth-order valence-electron chi connectivity index (χ4n) is 0.582. The van der Waals surface area contributed by atoms with Crippen molar-refractivity contribution in [2.45, 2.75) is 20.0 Å². The van der Waals surface area contributed by atoms with Gasteiger partial charge in [-0.3, -0.25) is 4.79 Å². The van der Waals surface area contributed by atoms with Crippen molar-refractivity contribution in [3.8, 4) is 0 Å². The summed E-state index contributed by atoms with van der Waals surface area (Å²) in [7, 11) is 0. The molecule has 1 saturated heterocycles. The van der Waals surface area contributed by atoms with Crippen LogP contribution in [-0.2, 0) is 14.3 Å². The third-order valence-corrected chi connectivity index (χ3v) is 1.36. The van der Waals surface area contributed by atoms with Crippen LogP contribution in [0.4, 0.5) is 0 Å². The topological polar surface area (TPSA) is 35.5 Å². The van der Waals surface area contributed by atoms with E-state index in [1.54, 1.807) is 0 Å². The van der Waals surface area contributed by atoms with Gasteiger partial charge in [0.05, 0.1) is 19.1 Å². The first-order valence-corrected chi connectivity index (χ1v) is 3.48. The number of ether oxygens (including phenoxy) is 2. The molecule has 0 aliphatic carbocycles. The fourth-order valence-corrected chi connectivity index (χ4v) is 0.582. The van der Waals surface area contributed by atoms with Crippen molar-refractivity contribution in [2.24, 2.45) is 5.92 Å². The summed E-state index contributed by atoms with van der Waals surface area (Å²) in [4.78, 5) is 10.9. The van der Waals surface area contributed by atoms with Crippen LogP contribution in [0.5, 0.6) is 0 Å². The zero-order valence-electron chi connectivity index (χ0n) is 6.29. The van der Waals surface area contributed by atoms with E-state index >= 15 is 0 Å². The molecule has 0 N–H and O–H groups in total. The highest BCUT2D eigenvalue weighted by molar-refractivity contribution is 5.71. The van der Waals surface area contributed by atoms with E-state index in [4.69, 9.17) is 9.47 Å². The molecule has 0 saturated carbocycles. The van der Waals surface area contributed by atoms with Crippen LogP contribution in [-0.4, -0.2) is 25.3 Å². The van der Waals surface area contributed by atoms with Gasteiger partial charge in [0.2, 0.25) is 0 Å². The summed E-state index contributed by atoms with van der Waals surface area (Å²) in [5, 5.41) is 0. The molecule has 3 heteroatoms. The van der Waals surface area contributed by atoms with Gasteiger partial charge < -0.3 is 9.47 Å². The van der Waals surface area contributed by atoms with Crippen LogP contribution in [0.15, 0.2) is 0 Å². The molecule has 0 bridgehead atoms. The highest BCUT2D eigenvalue weighted by atomic mass is 16.6. The highest BCUT2D eigenvalue weighted by Gasteiger charge is 2.23. The smallest absolute Gasteiger partial charge is 0.308 e. The molecule has 1 fully saturated rings. The van der Waals surface area contributed by atoms with E-state index in [0.29, 0.717) is 13.2 Å². The standard InChI is InChI=1S/C7H12O3/c1-5(2)7(8)10-6-3-9-4-6/h5-6H,3-4H2,1-2H3. The molecule has 1 heterocycles. The van der Waals surface area contributed by atoms with Gasteiger partial charge in [-0.25, -0.2) is 0 Å². The number of carbonyl (C=O) groups excluding carboxylic acids is 1. The summed E-state index contributed by atoms with van der Waals surface area (Å²) in [6.45, 7) is 4.78. The SMILES string of the molecule is CC(C)C(=O)OC1COC1.